The van der Waals surface area contributed by atoms with Crippen molar-refractivity contribution in [3.8, 4) is 5.75 Å². The number of benzene rings is 2. The van der Waals surface area contributed by atoms with Crippen LogP contribution in [0.2, 0.25) is 0 Å². The van der Waals surface area contributed by atoms with Gasteiger partial charge in [-0.05, 0) is 43.5 Å². The van der Waals surface area contributed by atoms with E-state index >= 15 is 0 Å². The second-order valence-electron chi connectivity index (χ2n) is 6.52. The fourth-order valence-electron chi connectivity index (χ4n) is 2.76. The van der Waals surface area contributed by atoms with E-state index in [1.54, 1.807) is 36.2 Å². The molecule has 1 fully saturated rings. The zero-order chi connectivity index (χ0) is 18.5. The molecule has 0 aromatic heterocycles. The van der Waals surface area contributed by atoms with Crippen molar-refractivity contribution in [1.29, 1.82) is 0 Å². The van der Waals surface area contributed by atoms with Crippen LogP contribution in [-0.4, -0.2) is 25.5 Å². The predicted molar refractivity (Wildman–Crippen MR) is 103 cm³/mol. The SMILES string of the molecule is CCCOc1cccc(NC(=O)c2ccccc2N(C)C(=O)C2CC2)c1. The zero-order valence-corrected chi connectivity index (χ0v) is 15.2. The van der Waals surface area contributed by atoms with E-state index in [9.17, 15) is 9.59 Å². The highest BCUT2D eigenvalue weighted by molar-refractivity contribution is 6.11. The number of anilines is 2. The maximum atomic E-state index is 12.8. The van der Waals surface area contributed by atoms with Gasteiger partial charge in [0.1, 0.15) is 5.75 Å². The molecule has 0 heterocycles. The van der Waals surface area contributed by atoms with Crippen LogP contribution in [-0.2, 0) is 4.79 Å². The van der Waals surface area contributed by atoms with Crippen LogP contribution in [0.25, 0.3) is 0 Å². The lowest BCUT2D eigenvalue weighted by atomic mass is 10.1. The van der Waals surface area contributed by atoms with E-state index in [1.165, 1.54) is 0 Å². The van der Waals surface area contributed by atoms with Gasteiger partial charge in [-0.1, -0.05) is 25.1 Å². The number of amides is 2. The van der Waals surface area contributed by atoms with Crippen LogP contribution in [0.3, 0.4) is 0 Å². The van der Waals surface area contributed by atoms with Gasteiger partial charge in [0.15, 0.2) is 0 Å². The highest BCUT2D eigenvalue weighted by Gasteiger charge is 2.33. The molecule has 26 heavy (non-hydrogen) atoms. The number of para-hydroxylation sites is 1. The molecule has 0 spiro atoms. The third-order valence-corrected chi connectivity index (χ3v) is 4.33. The average molecular weight is 352 g/mol. The second-order valence-corrected chi connectivity index (χ2v) is 6.52. The number of nitrogens with zero attached hydrogens (tertiary/aromatic N) is 1. The number of rotatable bonds is 7. The number of nitrogens with one attached hydrogen (secondary N) is 1. The van der Waals surface area contributed by atoms with Gasteiger partial charge in [-0.25, -0.2) is 0 Å². The zero-order valence-electron chi connectivity index (χ0n) is 15.2. The Hall–Kier alpha value is -2.82. The van der Waals surface area contributed by atoms with E-state index in [2.05, 4.69) is 5.32 Å². The Kier molecular flexibility index (Phi) is 5.56. The van der Waals surface area contributed by atoms with Crippen LogP contribution in [0.5, 0.6) is 5.75 Å². The van der Waals surface area contributed by atoms with Crippen LogP contribution in [0, 0.1) is 5.92 Å². The first-order valence-corrected chi connectivity index (χ1v) is 9.01. The maximum absolute atomic E-state index is 12.8. The number of carbonyl (C=O) groups is 2. The Labute approximate surface area is 154 Å². The topological polar surface area (TPSA) is 58.6 Å². The Balaban J connectivity index is 1.77. The lowest BCUT2D eigenvalue weighted by molar-refractivity contribution is -0.119. The normalized spacial score (nSPS) is 13.2. The lowest BCUT2D eigenvalue weighted by Gasteiger charge is -2.20. The molecule has 3 rings (SSSR count). The van der Waals surface area contributed by atoms with Crippen molar-refractivity contribution in [1.82, 2.24) is 0 Å². The number of carbonyl (C=O) groups excluding carboxylic acids is 2. The summed E-state index contributed by atoms with van der Waals surface area (Å²) in [6, 6.07) is 14.5. The van der Waals surface area contributed by atoms with Gasteiger partial charge in [0, 0.05) is 24.7 Å². The fraction of sp³-hybridized carbons (Fsp3) is 0.333. The van der Waals surface area contributed by atoms with E-state index in [0.717, 1.165) is 25.0 Å². The predicted octanol–water partition coefficient (Wildman–Crippen LogP) is 4.10. The molecule has 1 aliphatic rings. The monoisotopic (exact) mass is 352 g/mol. The third kappa shape index (κ3) is 4.23. The van der Waals surface area contributed by atoms with E-state index in [1.807, 2.05) is 31.2 Å². The molecule has 5 nitrogen and oxygen atoms in total. The summed E-state index contributed by atoms with van der Waals surface area (Å²) in [7, 11) is 1.73. The molecule has 0 radical (unpaired) electrons. The maximum Gasteiger partial charge on any atom is 0.257 e. The summed E-state index contributed by atoms with van der Waals surface area (Å²) in [6.45, 7) is 2.68. The summed E-state index contributed by atoms with van der Waals surface area (Å²) in [5, 5.41) is 2.90. The molecule has 0 bridgehead atoms. The first kappa shape index (κ1) is 18.0. The first-order valence-electron chi connectivity index (χ1n) is 9.01. The molecule has 1 N–H and O–H groups in total. The average Bonchev–Trinajstić information content (AvgIpc) is 3.50. The molecule has 2 aromatic rings. The van der Waals surface area contributed by atoms with Crippen molar-refractivity contribution < 1.29 is 14.3 Å². The molecule has 0 aliphatic heterocycles. The van der Waals surface area contributed by atoms with Gasteiger partial charge in [-0.2, -0.15) is 0 Å². The van der Waals surface area contributed by atoms with Crippen LogP contribution in [0.1, 0.15) is 36.5 Å². The van der Waals surface area contributed by atoms with E-state index in [4.69, 9.17) is 4.74 Å². The van der Waals surface area contributed by atoms with E-state index < -0.39 is 0 Å². The quantitative estimate of drug-likeness (QED) is 0.816. The van der Waals surface area contributed by atoms with Crippen molar-refractivity contribution in [2.45, 2.75) is 26.2 Å². The Morgan fingerprint density at radius 1 is 1.15 bits per heavy atom. The molecule has 2 amide bonds. The summed E-state index contributed by atoms with van der Waals surface area (Å²) in [6.07, 6.45) is 2.79. The van der Waals surface area contributed by atoms with Gasteiger partial charge in [0.05, 0.1) is 17.9 Å². The van der Waals surface area contributed by atoms with Gasteiger partial charge >= 0.3 is 0 Å². The Morgan fingerprint density at radius 3 is 2.65 bits per heavy atom. The summed E-state index contributed by atoms with van der Waals surface area (Å²) in [5.74, 6) is 0.645. The van der Waals surface area contributed by atoms with E-state index in [0.29, 0.717) is 23.5 Å². The largest absolute Gasteiger partial charge is 0.494 e. The minimum atomic E-state index is -0.247. The Morgan fingerprint density at radius 2 is 1.92 bits per heavy atom. The van der Waals surface area contributed by atoms with Gasteiger partial charge in [0.2, 0.25) is 5.91 Å². The molecule has 5 heteroatoms. The number of hydrogen-bond donors (Lipinski definition) is 1. The van der Waals surface area contributed by atoms with Crippen molar-refractivity contribution in [3.63, 3.8) is 0 Å². The van der Waals surface area contributed by atoms with Crippen molar-refractivity contribution >= 4 is 23.2 Å². The molecule has 136 valence electrons. The van der Waals surface area contributed by atoms with Gasteiger partial charge in [-0.3, -0.25) is 9.59 Å². The van der Waals surface area contributed by atoms with Crippen molar-refractivity contribution in [3.05, 3.63) is 54.1 Å². The van der Waals surface area contributed by atoms with E-state index in [-0.39, 0.29) is 17.7 Å². The van der Waals surface area contributed by atoms with Gasteiger partial charge < -0.3 is 15.0 Å². The summed E-state index contributed by atoms with van der Waals surface area (Å²) < 4.78 is 5.61. The number of ether oxygens (including phenoxy) is 1. The highest BCUT2D eigenvalue weighted by atomic mass is 16.5. The summed E-state index contributed by atoms with van der Waals surface area (Å²) in [5.41, 5.74) is 1.76. The van der Waals surface area contributed by atoms with Crippen LogP contribution in [0.4, 0.5) is 11.4 Å². The van der Waals surface area contributed by atoms with Crippen molar-refractivity contribution in [2.75, 3.05) is 23.9 Å². The molecule has 0 unspecified atom stereocenters. The molecular formula is C21H24N2O3. The molecule has 1 aliphatic carbocycles. The second kappa shape index (κ2) is 8.04. The molecular weight excluding hydrogens is 328 g/mol. The lowest BCUT2D eigenvalue weighted by Crippen LogP contribution is -2.29. The van der Waals surface area contributed by atoms with Gasteiger partial charge in [-0.15, -0.1) is 0 Å². The van der Waals surface area contributed by atoms with Crippen LogP contribution < -0.4 is 15.0 Å². The van der Waals surface area contributed by atoms with Crippen molar-refractivity contribution in [2.24, 2.45) is 5.92 Å². The summed E-state index contributed by atoms with van der Waals surface area (Å²) in [4.78, 5) is 26.7. The summed E-state index contributed by atoms with van der Waals surface area (Å²) >= 11 is 0. The Bertz CT molecular complexity index is 799. The first-order chi connectivity index (χ1) is 12.6. The number of hydrogen-bond acceptors (Lipinski definition) is 3. The van der Waals surface area contributed by atoms with Crippen LogP contribution in [0.15, 0.2) is 48.5 Å². The van der Waals surface area contributed by atoms with Gasteiger partial charge in [0.25, 0.3) is 5.91 Å². The third-order valence-electron chi connectivity index (χ3n) is 4.33. The molecule has 1 saturated carbocycles. The fourth-order valence-corrected chi connectivity index (χ4v) is 2.76. The molecule has 2 aromatic carbocycles. The molecule has 0 atom stereocenters. The highest BCUT2D eigenvalue weighted by Crippen LogP contribution is 2.33. The standard InChI is InChI=1S/C21H24N2O3/c1-3-13-26-17-8-6-7-16(14-17)22-20(24)18-9-4-5-10-19(18)23(2)21(25)15-11-12-15/h4-10,14-15H,3,11-13H2,1-2H3,(H,22,24). The van der Waals surface area contributed by atoms with Crippen LogP contribution >= 0.6 is 0 Å². The minimum absolute atomic E-state index is 0.0696. The minimum Gasteiger partial charge on any atom is -0.494 e. The molecule has 0 saturated heterocycles. The smallest absolute Gasteiger partial charge is 0.257 e.